The van der Waals surface area contributed by atoms with Gasteiger partial charge in [-0.05, 0) is 37.1 Å². The van der Waals surface area contributed by atoms with Crippen LogP contribution in [0.2, 0.25) is 0 Å². The fourth-order valence-corrected chi connectivity index (χ4v) is 2.53. The molecule has 4 nitrogen and oxygen atoms in total. The van der Waals surface area contributed by atoms with Crippen molar-refractivity contribution < 1.29 is 9.21 Å². The number of hydrogen-bond donors (Lipinski definition) is 2. The lowest BCUT2D eigenvalue weighted by molar-refractivity contribution is -0.124. The first-order chi connectivity index (χ1) is 9.72. The van der Waals surface area contributed by atoms with Gasteiger partial charge in [0, 0.05) is 12.2 Å². The smallest absolute Gasteiger partial charge is 0.225 e. The molecule has 3 rings (SSSR count). The molecular formula is C16H18N2O2. The van der Waals surface area contributed by atoms with Crippen LogP contribution >= 0.6 is 0 Å². The Balaban J connectivity index is 1.59. The minimum atomic E-state index is -0.0269. The van der Waals surface area contributed by atoms with Crippen molar-refractivity contribution in [3.8, 4) is 0 Å². The van der Waals surface area contributed by atoms with E-state index in [1.807, 2.05) is 31.2 Å². The average molecular weight is 270 g/mol. The molecule has 2 heterocycles. The van der Waals surface area contributed by atoms with Gasteiger partial charge in [0.25, 0.3) is 0 Å². The molecule has 1 aromatic carbocycles. The van der Waals surface area contributed by atoms with E-state index in [4.69, 9.17) is 4.42 Å². The summed E-state index contributed by atoms with van der Waals surface area (Å²) in [5.41, 5.74) is 2.34. The lowest BCUT2D eigenvalue weighted by Crippen LogP contribution is -2.37. The van der Waals surface area contributed by atoms with E-state index in [9.17, 15) is 4.79 Å². The highest BCUT2D eigenvalue weighted by Crippen LogP contribution is 2.24. The molecule has 0 saturated heterocycles. The van der Waals surface area contributed by atoms with Crippen molar-refractivity contribution in [1.29, 1.82) is 0 Å². The molecule has 0 saturated carbocycles. The van der Waals surface area contributed by atoms with E-state index in [2.05, 4.69) is 22.8 Å². The van der Waals surface area contributed by atoms with E-state index in [1.54, 1.807) is 0 Å². The van der Waals surface area contributed by atoms with Gasteiger partial charge in [0.1, 0.15) is 11.5 Å². The van der Waals surface area contributed by atoms with Crippen LogP contribution in [0.25, 0.3) is 0 Å². The number of para-hydroxylation sites is 1. The summed E-state index contributed by atoms with van der Waals surface area (Å²) < 4.78 is 5.45. The molecule has 0 fully saturated rings. The Kier molecular flexibility index (Phi) is 3.46. The van der Waals surface area contributed by atoms with Crippen LogP contribution in [0.15, 0.2) is 40.8 Å². The predicted octanol–water partition coefficient (Wildman–Crippen LogP) is 2.49. The highest BCUT2D eigenvalue weighted by molar-refractivity contribution is 5.80. The molecule has 104 valence electrons. The number of anilines is 1. The number of fused-ring (bicyclic) bond motifs is 1. The largest absolute Gasteiger partial charge is 0.465 e. The number of benzene rings is 1. The normalized spacial score (nSPS) is 17.1. The number of aryl methyl sites for hydroxylation is 1. The SMILES string of the molecule is Cc1ccc(CNC(=O)C2CNc3ccccc3C2)o1. The molecule has 4 heteroatoms. The minimum absolute atomic E-state index is 0.0269. The molecule has 1 aliphatic heterocycles. The number of nitrogens with one attached hydrogen (secondary N) is 2. The lowest BCUT2D eigenvalue weighted by atomic mass is 9.93. The first-order valence-electron chi connectivity index (χ1n) is 6.87. The Labute approximate surface area is 118 Å². The molecule has 2 N–H and O–H groups in total. The minimum Gasteiger partial charge on any atom is -0.465 e. The summed E-state index contributed by atoms with van der Waals surface area (Å²) in [6.07, 6.45) is 0.784. The molecule has 0 spiro atoms. The molecule has 1 unspecified atom stereocenters. The van der Waals surface area contributed by atoms with Crippen molar-refractivity contribution in [3.05, 3.63) is 53.5 Å². The monoisotopic (exact) mass is 270 g/mol. The standard InChI is InChI=1S/C16H18N2O2/c1-11-6-7-14(20-11)10-18-16(19)13-8-12-4-2-3-5-15(12)17-9-13/h2-7,13,17H,8-10H2,1H3,(H,18,19). The van der Waals surface area contributed by atoms with Crippen molar-refractivity contribution in [1.82, 2.24) is 5.32 Å². The maximum absolute atomic E-state index is 12.2. The number of amides is 1. The molecule has 2 aromatic rings. The summed E-state index contributed by atoms with van der Waals surface area (Å²) >= 11 is 0. The van der Waals surface area contributed by atoms with Gasteiger partial charge in [-0.25, -0.2) is 0 Å². The van der Waals surface area contributed by atoms with E-state index < -0.39 is 0 Å². The van der Waals surface area contributed by atoms with Crippen LogP contribution in [0, 0.1) is 12.8 Å². The third-order valence-electron chi connectivity index (χ3n) is 3.63. The lowest BCUT2D eigenvalue weighted by Gasteiger charge is -2.25. The number of furan rings is 1. The second kappa shape index (κ2) is 5.41. The third-order valence-corrected chi connectivity index (χ3v) is 3.63. The Morgan fingerprint density at radius 3 is 3.00 bits per heavy atom. The quantitative estimate of drug-likeness (QED) is 0.901. The van der Waals surface area contributed by atoms with Crippen LogP contribution in [0.4, 0.5) is 5.69 Å². The summed E-state index contributed by atoms with van der Waals surface area (Å²) in [4.78, 5) is 12.2. The van der Waals surface area contributed by atoms with Gasteiger partial charge in [0.15, 0.2) is 0 Å². The summed E-state index contributed by atoms with van der Waals surface area (Å²) in [7, 11) is 0. The van der Waals surface area contributed by atoms with Crippen molar-refractivity contribution in [3.63, 3.8) is 0 Å². The maximum Gasteiger partial charge on any atom is 0.225 e. The van der Waals surface area contributed by atoms with Gasteiger partial charge in [0.05, 0.1) is 12.5 Å². The van der Waals surface area contributed by atoms with Gasteiger partial charge in [-0.2, -0.15) is 0 Å². The van der Waals surface area contributed by atoms with Gasteiger partial charge >= 0.3 is 0 Å². The van der Waals surface area contributed by atoms with Crippen molar-refractivity contribution in [2.45, 2.75) is 19.9 Å². The van der Waals surface area contributed by atoms with E-state index in [0.717, 1.165) is 23.6 Å². The van der Waals surface area contributed by atoms with Gasteiger partial charge < -0.3 is 15.1 Å². The summed E-state index contributed by atoms with van der Waals surface area (Å²) in [5, 5.41) is 6.25. The van der Waals surface area contributed by atoms with Crippen LogP contribution in [0.1, 0.15) is 17.1 Å². The van der Waals surface area contributed by atoms with Crippen LogP contribution in [0.3, 0.4) is 0 Å². The molecule has 1 atom stereocenters. The fraction of sp³-hybridized carbons (Fsp3) is 0.312. The summed E-state index contributed by atoms with van der Waals surface area (Å²) in [6, 6.07) is 11.9. The van der Waals surface area contributed by atoms with Crippen LogP contribution in [0.5, 0.6) is 0 Å². The van der Waals surface area contributed by atoms with Gasteiger partial charge in [-0.3, -0.25) is 4.79 Å². The highest BCUT2D eigenvalue weighted by atomic mass is 16.3. The Morgan fingerprint density at radius 1 is 1.35 bits per heavy atom. The highest BCUT2D eigenvalue weighted by Gasteiger charge is 2.24. The van der Waals surface area contributed by atoms with Crippen LogP contribution < -0.4 is 10.6 Å². The zero-order valence-electron chi connectivity index (χ0n) is 11.5. The summed E-state index contributed by atoms with van der Waals surface area (Å²) in [5.74, 6) is 1.70. The van der Waals surface area contributed by atoms with E-state index in [1.165, 1.54) is 5.56 Å². The van der Waals surface area contributed by atoms with Crippen molar-refractivity contribution in [2.75, 3.05) is 11.9 Å². The predicted molar refractivity (Wildman–Crippen MR) is 77.4 cm³/mol. The Morgan fingerprint density at radius 2 is 2.20 bits per heavy atom. The Hall–Kier alpha value is -2.23. The van der Waals surface area contributed by atoms with E-state index in [-0.39, 0.29) is 11.8 Å². The topological polar surface area (TPSA) is 54.3 Å². The van der Waals surface area contributed by atoms with E-state index in [0.29, 0.717) is 13.1 Å². The van der Waals surface area contributed by atoms with Crippen molar-refractivity contribution >= 4 is 11.6 Å². The van der Waals surface area contributed by atoms with Crippen LogP contribution in [-0.2, 0) is 17.8 Å². The van der Waals surface area contributed by atoms with Gasteiger partial charge in [-0.1, -0.05) is 18.2 Å². The number of carbonyl (C=O) groups excluding carboxylic acids is 1. The molecule has 0 bridgehead atoms. The summed E-state index contributed by atoms with van der Waals surface area (Å²) in [6.45, 7) is 3.03. The number of rotatable bonds is 3. The molecule has 1 amide bonds. The molecule has 1 aromatic heterocycles. The zero-order valence-corrected chi connectivity index (χ0v) is 11.5. The maximum atomic E-state index is 12.2. The fourth-order valence-electron chi connectivity index (χ4n) is 2.53. The van der Waals surface area contributed by atoms with Gasteiger partial charge in [-0.15, -0.1) is 0 Å². The second-order valence-corrected chi connectivity index (χ2v) is 5.17. The Bertz CT molecular complexity index is 618. The second-order valence-electron chi connectivity index (χ2n) is 5.17. The molecule has 0 aliphatic carbocycles. The number of carbonyl (C=O) groups is 1. The third kappa shape index (κ3) is 2.69. The first-order valence-corrected chi connectivity index (χ1v) is 6.87. The van der Waals surface area contributed by atoms with Gasteiger partial charge in [0.2, 0.25) is 5.91 Å². The average Bonchev–Trinajstić information content (AvgIpc) is 2.90. The van der Waals surface area contributed by atoms with E-state index >= 15 is 0 Å². The zero-order chi connectivity index (χ0) is 13.9. The molecule has 20 heavy (non-hydrogen) atoms. The van der Waals surface area contributed by atoms with Crippen molar-refractivity contribution in [2.24, 2.45) is 5.92 Å². The van der Waals surface area contributed by atoms with Crippen LogP contribution in [-0.4, -0.2) is 12.5 Å². The molecular weight excluding hydrogens is 252 g/mol. The number of hydrogen-bond acceptors (Lipinski definition) is 3. The molecule has 0 radical (unpaired) electrons. The first kappa shape index (κ1) is 12.8. The molecule has 1 aliphatic rings.